The first-order chi connectivity index (χ1) is 13.1. The van der Waals surface area contributed by atoms with Crippen molar-refractivity contribution < 1.29 is 9.84 Å². The third-order valence-electron chi connectivity index (χ3n) is 4.11. The van der Waals surface area contributed by atoms with E-state index in [4.69, 9.17) is 4.74 Å². The number of aryl methyl sites for hydroxylation is 1. The molecule has 0 spiro atoms. The van der Waals surface area contributed by atoms with Crippen molar-refractivity contribution in [3.63, 3.8) is 0 Å². The van der Waals surface area contributed by atoms with Crippen molar-refractivity contribution in [1.82, 2.24) is 9.97 Å². The van der Waals surface area contributed by atoms with E-state index in [1.807, 2.05) is 51.1 Å². The molecule has 0 unspecified atom stereocenters. The van der Waals surface area contributed by atoms with E-state index in [9.17, 15) is 5.11 Å². The minimum atomic E-state index is 0.104. The SMILES string of the molecule is CCOc1ccc(/C=N/Nc2nc(-c3ccccc3)nc(C)c2C)c(O)c1. The van der Waals surface area contributed by atoms with Gasteiger partial charge < -0.3 is 9.84 Å². The fourth-order valence-electron chi connectivity index (χ4n) is 2.51. The summed E-state index contributed by atoms with van der Waals surface area (Å²) < 4.78 is 5.36. The fourth-order valence-corrected chi connectivity index (χ4v) is 2.51. The lowest BCUT2D eigenvalue weighted by atomic mass is 10.2. The Labute approximate surface area is 158 Å². The maximum absolute atomic E-state index is 10.1. The van der Waals surface area contributed by atoms with E-state index < -0.39 is 0 Å². The summed E-state index contributed by atoms with van der Waals surface area (Å²) in [5.74, 6) is 1.99. The van der Waals surface area contributed by atoms with Crippen LogP contribution in [0, 0.1) is 13.8 Å². The Morgan fingerprint density at radius 1 is 1.11 bits per heavy atom. The van der Waals surface area contributed by atoms with Crippen molar-refractivity contribution >= 4 is 12.0 Å². The predicted octanol–water partition coefficient (Wildman–Crippen LogP) is 4.31. The highest BCUT2D eigenvalue weighted by molar-refractivity contribution is 5.84. The minimum absolute atomic E-state index is 0.104. The molecule has 0 aliphatic heterocycles. The summed E-state index contributed by atoms with van der Waals surface area (Å²) in [6.45, 7) is 6.32. The largest absolute Gasteiger partial charge is 0.507 e. The molecule has 0 aliphatic rings. The van der Waals surface area contributed by atoms with Crippen molar-refractivity contribution in [2.24, 2.45) is 5.10 Å². The number of nitrogens with one attached hydrogen (secondary N) is 1. The first-order valence-corrected chi connectivity index (χ1v) is 8.74. The highest BCUT2D eigenvalue weighted by Gasteiger charge is 2.09. The first kappa shape index (κ1) is 18.4. The van der Waals surface area contributed by atoms with Gasteiger partial charge in [-0.1, -0.05) is 30.3 Å². The smallest absolute Gasteiger partial charge is 0.161 e. The molecular weight excluding hydrogens is 340 g/mol. The topological polar surface area (TPSA) is 79.6 Å². The molecule has 138 valence electrons. The second-order valence-electron chi connectivity index (χ2n) is 6.00. The van der Waals surface area contributed by atoms with E-state index in [-0.39, 0.29) is 5.75 Å². The summed E-state index contributed by atoms with van der Waals surface area (Å²) in [6.07, 6.45) is 1.55. The second-order valence-corrected chi connectivity index (χ2v) is 6.00. The number of hydrazone groups is 1. The Kier molecular flexibility index (Phi) is 5.66. The molecular formula is C21H22N4O2. The summed E-state index contributed by atoms with van der Waals surface area (Å²) >= 11 is 0. The molecule has 0 aliphatic carbocycles. The van der Waals surface area contributed by atoms with Gasteiger partial charge in [0.25, 0.3) is 0 Å². The highest BCUT2D eigenvalue weighted by Crippen LogP contribution is 2.23. The van der Waals surface area contributed by atoms with E-state index in [2.05, 4.69) is 20.5 Å². The third-order valence-corrected chi connectivity index (χ3v) is 4.11. The molecule has 0 radical (unpaired) electrons. The average molecular weight is 362 g/mol. The van der Waals surface area contributed by atoms with Crippen LogP contribution >= 0.6 is 0 Å². The molecule has 2 N–H and O–H groups in total. The average Bonchev–Trinajstić information content (AvgIpc) is 2.67. The Morgan fingerprint density at radius 3 is 2.59 bits per heavy atom. The van der Waals surface area contributed by atoms with Crippen LogP contribution in [0.2, 0.25) is 0 Å². The van der Waals surface area contributed by atoms with Crippen LogP contribution in [-0.2, 0) is 0 Å². The molecule has 3 aromatic rings. The maximum Gasteiger partial charge on any atom is 0.161 e. The zero-order valence-corrected chi connectivity index (χ0v) is 15.6. The first-order valence-electron chi connectivity index (χ1n) is 8.74. The van der Waals surface area contributed by atoms with Crippen LogP contribution in [0.5, 0.6) is 11.5 Å². The van der Waals surface area contributed by atoms with Crippen molar-refractivity contribution in [2.45, 2.75) is 20.8 Å². The van der Waals surface area contributed by atoms with Crippen LogP contribution < -0.4 is 10.2 Å². The molecule has 1 aromatic heterocycles. The van der Waals surface area contributed by atoms with Crippen LogP contribution in [0.15, 0.2) is 53.6 Å². The van der Waals surface area contributed by atoms with Crippen LogP contribution in [0.4, 0.5) is 5.82 Å². The summed E-state index contributed by atoms with van der Waals surface area (Å²) in [5, 5.41) is 14.3. The van der Waals surface area contributed by atoms with E-state index >= 15 is 0 Å². The number of aromatic hydroxyl groups is 1. The molecule has 0 atom stereocenters. The standard InChI is InChI=1S/C21H22N4O2/c1-4-27-18-11-10-17(19(26)12-18)13-22-25-20-14(2)15(3)23-21(24-20)16-8-6-5-7-9-16/h5-13,26H,4H2,1-3H3,(H,23,24,25)/b22-13+. The fraction of sp³-hybridized carbons (Fsp3) is 0.190. The van der Waals surface area contributed by atoms with Gasteiger partial charge in [-0.3, -0.25) is 5.43 Å². The van der Waals surface area contributed by atoms with Gasteiger partial charge >= 0.3 is 0 Å². The molecule has 0 bridgehead atoms. The van der Waals surface area contributed by atoms with Gasteiger partial charge in [0.2, 0.25) is 0 Å². The van der Waals surface area contributed by atoms with Crippen molar-refractivity contribution in [3.05, 3.63) is 65.4 Å². The quantitative estimate of drug-likeness (QED) is 0.504. The number of benzene rings is 2. The monoisotopic (exact) mass is 362 g/mol. The normalized spacial score (nSPS) is 10.9. The van der Waals surface area contributed by atoms with E-state index in [1.54, 1.807) is 24.4 Å². The minimum Gasteiger partial charge on any atom is -0.507 e. The number of hydrogen-bond acceptors (Lipinski definition) is 6. The molecule has 0 saturated heterocycles. The van der Waals surface area contributed by atoms with Crippen molar-refractivity contribution in [2.75, 3.05) is 12.0 Å². The van der Waals surface area contributed by atoms with Gasteiger partial charge in [-0.05, 0) is 32.9 Å². The van der Waals surface area contributed by atoms with E-state index in [0.717, 1.165) is 16.8 Å². The van der Waals surface area contributed by atoms with Gasteiger partial charge in [-0.25, -0.2) is 9.97 Å². The second kappa shape index (κ2) is 8.31. The molecule has 0 saturated carbocycles. The summed E-state index contributed by atoms with van der Waals surface area (Å²) in [4.78, 5) is 9.13. The lowest BCUT2D eigenvalue weighted by Crippen LogP contribution is -2.03. The van der Waals surface area contributed by atoms with E-state index in [0.29, 0.717) is 29.6 Å². The number of phenolic OH excluding ortho intramolecular Hbond substituents is 1. The Balaban J connectivity index is 1.81. The van der Waals surface area contributed by atoms with Gasteiger partial charge in [0, 0.05) is 28.5 Å². The molecule has 1 heterocycles. The Morgan fingerprint density at radius 2 is 1.89 bits per heavy atom. The number of aromatic nitrogens is 2. The molecule has 27 heavy (non-hydrogen) atoms. The molecule has 3 rings (SSSR count). The van der Waals surface area contributed by atoms with E-state index in [1.165, 1.54) is 0 Å². The lowest BCUT2D eigenvalue weighted by Gasteiger charge is -2.10. The summed E-state index contributed by atoms with van der Waals surface area (Å²) in [6, 6.07) is 14.9. The number of ether oxygens (including phenoxy) is 1. The third kappa shape index (κ3) is 4.41. The number of rotatable bonds is 6. The van der Waals surface area contributed by atoms with Gasteiger partial charge in [0.05, 0.1) is 12.8 Å². The predicted molar refractivity (Wildman–Crippen MR) is 107 cm³/mol. The molecule has 0 amide bonds. The molecule has 0 fully saturated rings. The van der Waals surface area contributed by atoms with Gasteiger partial charge in [-0.2, -0.15) is 5.10 Å². The zero-order chi connectivity index (χ0) is 19.2. The van der Waals surface area contributed by atoms with Crippen molar-refractivity contribution in [3.8, 4) is 22.9 Å². The molecule has 6 nitrogen and oxygen atoms in total. The number of hydrogen-bond donors (Lipinski definition) is 2. The van der Waals surface area contributed by atoms with Crippen LogP contribution in [0.1, 0.15) is 23.7 Å². The Bertz CT molecular complexity index is 956. The highest BCUT2D eigenvalue weighted by atomic mass is 16.5. The van der Waals surface area contributed by atoms with Gasteiger partial charge in [0.1, 0.15) is 11.5 Å². The molecule has 6 heteroatoms. The summed E-state index contributed by atoms with van der Waals surface area (Å²) in [7, 11) is 0. The summed E-state index contributed by atoms with van der Waals surface area (Å²) in [5.41, 5.74) is 6.28. The van der Waals surface area contributed by atoms with Crippen LogP contribution in [0.3, 0.4) is 0 Å². The zero-order valence-electron chi connectivity index (χ0n) is 15.6. The van der Waals surface area contributed by atoms with Crippen molar-refractivity contribution in [1.29, 1.82) is 0 Å². The van der Waals surface area contributed by atoms with Gasteiger partial charge in [-0.15, -0.1) is 0 Å². The maximum atomic E-state index is 10.1. The Hall–Kier alpha value is -3.41. The van der Waals surface area contributed by atoms with Crippen LogP contribution in [-0.4, -0.2) is 27.9 Å². The molecule has 2 aromatic carbocycles. The number of phenols is 1. The number of anilines is 1. The number of nitrogens with zero attached hydrogens (tertiary/aromatic N) is 3. The van der Waals surface area contributed by atoms with Crippen LogP contribution in [0.25, 0.3) is 11.4 Å². The van der Waals surface area contributed by atoms with Gasteiger partial charge in [0.15, 0.2) is 11.6 Å². The lowest BCUT2D eigenvalue weighted by molar-refractivity contribution is 0.337.